The van der Waals surface area contributed by atoms with E-state index in [9.17, 15) is 0 Å². The highest BCUT2D eigenvalue weighted by Crippen LogP contribution is 2.16. The van der Waals surface area contributed by atoms with Crippen LogP contribution in [0, 0.1) is 19.3 Å². The molecule has 80 valence electrons. The van der Waals surface area contributed by atoms with E-state index in [0.717, 1.165) is 13.1 Å². The third-order valence-electron chi connectivity index (χ3n) is 2.38. The molecule has 0 fully saturated rings. The Bertz CT molecular complexity index is 339. The van der Waals surface area contributed by atoms with Crippen molar-refractivity contribution < 1.29 is 0 Å². The van der Waals surface area contributed by atoms with Gasteiger partial charge in [0, 0.05) is 25.8 Å². The minimum atomic E-state index is 0.640. The predicted molar refractivity (Wildman–Crippen MR) is 66.2 cm³/mol. The van der Waals surface area contributed by atoms with Crippen LogP contribution in [0.3, 0.4) is 0 Å². The number of para-hydroxylation sites is 1. The number of rotatable bonds is 5. The van der Waals surface area contributed by atoms with Gasteiger partial charge in [-0.15, -0.1) is 6.42 Å². The van der Waals surface area contributed by atoms with Crippen LogP contribution in [0.4, 0.5) is 5.69 Å². The van der Waals surface area contributed by atoms with Crippen LogP contribution >= 0.6 is 0 Å². The number of nitrogens with zero attached hydrogens (tertiary/aromatic N) is 1. The Morgan fingerprint density at radius 2 is 2.13 bits per heavy atom. The summed E-state index contributed by atoms with van der Waals surface area (Å²) >= 11 is 0. The third-order valence-corrected chi connectivity index (χ3v) is 2.38. The highest BCUT2D eigenvalue weighted by atomic mass is 15.1. The van der Waals surface area contributed by atoms with Gasteiger partial charge in [0.1, 0.15) is 0 Å². The fourth-order valence-electron chi connectivity index (χ4n) is 1.52. The lowest BCUT2D eigenvalue weighted by atomic mass is 10.2. The Morgan fingerprint density at radius 1 is 1.40 bits per heavy atom. The van der Waals surface area contributed by atoms with Crippen LogP contribution in [0.25, 0.3) is 0 Å². The van der Waals surface area contributed by atoms with E-state index in [1.54, 1.807) is 0 Å². The van der Waals surface area contributed by atoms with Crippen LogP contribution in [0.5, 0.6) is 0 Å². The van der Waals surface area contributed by atoms with Crippen LogP contribution in [-0.2, 0) is 0 Å². The maximum Gasteiger partial charge on any atom is 0.0574 e. The second-order valence-electron chi connectivity index (χ2n) is 3.59. The molecule has 1 aromatic rings. The average Bonchev–Trinajstić information content (AvgIpc) is 2.25. The van der Waals surface area contributed by atoms with Gasteiger partial charge in [-0.1, -0.05) is 24.1 Å². The molecule has 0 aliphatic rings. The number of anilines is 1. The van der Waals surface area contributed by atoms with E-state index in [-0.39, 0.29) is 0 Å². The van der Waals surface area contributed by atoms with Crippen molar-refractivity contribution >= 4 is 5.69 Å². The molecule has 0 heterocycles. The van der Waals surface area contributed by atoms with Crippen LogP contribution in [-0.4, -0.2) is 26.7 Å². The number of hydrogen-bond acceptors (Lipinski definition) is 2. The summed E-state index contributed by atoms with van der Waals surface area (Å²) in [6.07, 6.45) is 5.15. The predicted octanol–water partition coefficient (Wildman–Crippen LogP) is 1.65. The highest BCUT2D eigenvalue weighted by molar-refractivity contribution is 5.52. The van der Waals surface area contributed by atoms with Gasteiger partial charge < -0.3 is 10.2 Å². The van der Waals surface area contributed by atoms with Gasteiger partial charge >= 0.3 is 0 Å². The molecule has 0 saturated carbocycles. The van der Waals surface area contributed by atoms with E-state index in [1.165, 1.54) is 11.3 Å². The molecule has 2 heteroatoms. The smallest absolute Gasteiger partial charge is 0.0574 e. The van der Waals surface area contributed by atoms with Gasteiger partial charge in [-0.25, -0.2) is 0 Å². The zero-order valence-corrected chi connectivity index (χ0v) is 9.46. The van der Waals surface area contributed by atoms with Crippen LogP contribution in [0.2, 0.25) is 0 Å². The lowest BCUT2D eigenvalue weighted by molar-refractivity contribution is 0.736. The van der Waals surface area contributed by atoms with Crippen molar-refractivity contribution in [3.8, 4) is 12.3 Å². The van der Waals surface area contributed by atoms with E-state index in [0.29, 0.717) is 6.54 Å². The Morgan fingerprint density at radius 3 is 2.80 bits per heavy atom. The molecule has 0 unspecified atom stereocenters. The molecular formula is C13H18N2. The van der Waals surface area contributed by atoms with E-state index in [4.69, 9.17) is 6.42 Å². The first-order chi connectivity index (χ1) is 7.25. The summed E-state index contributed by atoms with van der Waals surface area (Å²) in [6.45, 7) is 4.64. The summed E-state index contributed by atoms with van der Waals surface area (Å²) in [6, 6.07) is 8.38. The van der Waals surface area contributed by atoms with E-state index in [1.807, 2.05) is 0 Å². The fraction of sp³-hybridized carbons (Fsp3) is 0.385. The summed E-state index contributed by atoms with van der Waals surface area (Å²) in [5.41, 5.74) is 2.58. The largest absolute Gasteiger partial charge is 0.373 e. The summed E-state index contributed by atoms with van der Waals surface area (Å²) in [5.74, 6) is 2.56. The SMILES string of the molecule is C#CCNCCN(C)c1ccccc1C. The van der Waals surface area contributed by atoms with Crippen molar-refractivity contribution in [1.29, 1.82) is 0 Å². The highest BCUT2D eigenvalue weighted by Gasteiger charge is 2.01. The van der Waals surface area contributed by atoms with Gasteiger partial charge in [0.2, 0.25) is 0 Å². The summed E-state index contributed by atoms with van der Waals surface area (Å²) in [5, 5.41) is 3.18. The minimum Gasteiger partial charge on any atom is -0.373 e. The molecule has 0 aliphatic carbocycles. The van der Waals surface area contributed by atoms with Gasteiger partial charge in [0.25, 0.3) is 0 Å². The first kappa shape index (κ1) is 11.6. The van der Waals surface area contributed by atoms with Gasteiger partial charge in [0.05, 0.1) is 6.54 Å². The zero-order valence-electron chi connectivity index (χ0n) is 9.46. The van der Waals surface area contributed by atoms with Crippen molar-refractivity contribution in [3.05, 3.63) is 29.8 Å². The number of aryl methyl sites for hydroxylation is 1. The maximum absolute atomic E-state index is 5.15. The lowest BCUT2D eigenvalue weighted by Crippen LogP contribution is -2.29. The van der Waals surface area contributed by atoms with Crippen molar-refractivity contribution in [1.82, 2.24) is 5.32 Å². The minimum absolute atomic E-state index is 0.640. The van der Waals surface area contributed by atoms with Crippen LogP contribution in [0.1, 0.15) is 5.56 Å². The number of benzene rings is 1. The first-order valence-corrected chi connectivity index (χ1v) is 5.16. The molecule has 1 rings (SSSR count). The molecule has 0 saturated heterocycles. The van der Waals surface area contributed by atoms with Gasteiger partial charge in [-0.05, 0) is 18.6 Å². The summed E-state index contributed by atoms with van der Waals surface area (Å²) < 4.78 is 0. The third kappa shape index (κ3) is 3.65. The molecule has 0 bridgehead atoms. The second-order valence-corrected chi connectivity index (χ2v) is 3.59. The standard InChI is InChI=1S/C13H18N2/c1-4-9-14-10-11-15(3)13-8-6-5-7-12(13)2/h1,5-8,14H,9-11H2,2-3H3. The summed E-state index contributed by atoms with van der Waals surface area (Å²) in [4.78, 5) is 2.23. The quantitative estimate of drug-likeness (QED) is 0.577. The Balaban J connectivity index is 2.44. The van der Waals surface area contributed by atoms with E-state index in [2.05, 4.69) is 54.4 Å². The normalized spacial score (nSPS) is 9.67. The van der Waals surface area contributed by atoms with Crippen molar-refractivity contribution in [3.63, 3.8) is 0 Å². The molecule has 0 radical (unpaired) electrons. The van der Waals surface area contributed by atoms with Crippen molar-refractivity contribution in [2.75, 3.05) is 31.6 Å². The monoisotopic (exact) mass is 202 g/mol. The van der Waals surface area contributed by atoms with Crippen LogP contribution < -0.4 is 10.2 Å². The van der Waals surface area contributed by atoms with Gasteiger partial charge in [0.15, 0.2) is 0 Å². The van der Waals surface area contributed by atoms with Crippen LogP contribution in [0.15, 0.2) is 24.3 Å². The van der Waals surface area contributed by atoms with Crippen molar-refractivity contribution in [2.24, 2.45) is 0 Å². The number of likely N-dealkylation sites (N-methyl/N-ethyl adjacent to an activating group) is 1. The Labute approximate surface area is 92.3 Å². The fourth-order valence-corrected chi connectivity index (χ4v) is 1.52. The molecule has 0 aliphatic heterocycles. The van der Waals surface area contributed by atoms with Crippen molar-refractivity contribution in [2.45, 2.75) is 6.92 Å². The number of hydrogen-bond donors (Lipinski definition) is 1. The molecule has 1 N–H and O–H groups in total. The zero-order chi connectivity index (χ0) is 11.1. The molecule has 0 amide bonds. The molecular weight excluding hydrogens is 184 g/mol. The molecule has 15 heavy (non-hydrogen) atoms. The van der Waals surface area contributed by atoms with E-state index < -0.39 is 0 Å². The molecule has 0 aromatic heterocycles. The van der Waals surface area contributed by atoms with Gasteiger partial charge in [-0.2, -0.15) is 0 Å². The second kappa shape index (κ2) is 6.10. The van der Waals surface area contributed by atoms with E-state index >= 15 is 0 Å². The molecule has 0 atom stereocenters. The number of nitrogens with one attached hydrogen (secondary N) is 1. The Kier molecular flexibility index (Phi) is 4.73. The number of terminal acetylenes is 1. The molecule has 2 nitrogen and oxygen atoms in total. The lowest BCUT2D eigenvalue weighted by Gasteiger charge is -2.21. The molecule has 0 spiro atoms. The average molecular weight is 202 g/mol. The molecule has 1 aromatic carbocycles. The first-order valence-electron chi connectivity index (χ1n) is 5.16. The van der Waals surface area contributed by atoms with Gasteiger partial charge in [-0.3, -0.25) is 0 Å². The topological polar surface area (TPSA) is 15.3 Å². The Hall–Kier alpha value is -1.46. The maximum atomic E-state index is 5.15. The summed E-state index contributed by atoms with van der Waals surface area (Å²) in [7, 11) is 2.10.